The quantitative estimate of drug-likeness (QED) is 0.851. The number of hydrogen-bond donors (Lipinski definition) is 1. The number of methoxy groups -OCH3 is 1. The summed E-state index contributed by atoms with van der Waals surface area (Å²) in [6.45, 7) is 5.62. The molecule has 3 rings (SSSR count). The van der Waals surface area contributed by atoms with Crippen LogP contribution in [0.2, 0.25) is 0 Å². The van der Waals surface area contributed by atoms with Gasteiger partial charge in [-0.3, -0.25) is 0 Å². The molecule has 2 aliphatic carbocycles. The zero-order valence-corrected chi connectivity index (χ0v) is 13.0. The van der Waals surface area contributed by atoms with Crippen LogP contribution in [0.15, 0.2) is 18.2 Å². The van der Waals surface area contributed by atoms with Crippen LogP contribution in [0.4, 0.5) is 0 Å². The average molecular weight is 273 g/mol. The van der Waals surface area contributed by atoms with Gasteiger partial charge in [-0.05, 0) is 44.6 Å². The zero-order valence-electron chi connectivity index (χ0n) is 13.0. The van der Waals surface area contributed by atoms with Crippen molar-refractivity contribution in [2.75, 3.05) is 13.7 Å². The van der Waals surface area contributed by atoms with Crippen LogP contribution < -0.4 is 10.1 Å². The predicted molar refractivity (Wildman–Crippen MR) is 83.4 cm³/mol. The maximum absolute atomic E-state index is 5.65. The van der Waals surface area contributed by atoms with Crippen LogP contribution in [0.1, 0.15) is 50.2 Å². The van der Waals surface area contributed by atoms with Crippen LogP contribution in [0.5, 0.6) is 5.75 Å². The fraction of sp³-hybridized carbons (Fsp3) is 0.667. The van der Waals surface area contributed by atoms with Crippen molar-refractivity contribution in [3.63, 3.8) is 0 Å². The van der Waals surface area contributed by atoms with E-state index in [4.69, 9.17) is 4.74 Å². The first kappa shape index (κ1) is 13.9. The highest BCUT2D eigenvalue weighted by atomic mass is 16.5. The predicted octanol–water partition coefficient (Wildman–Crippen LogP) is 3.81. The van der Waals surface area contributed by atoms with Gasteiger partial charge in [0.25, 0.3) is 0 Å². The number of hydrogen-bond acceptors (Lipinski definition) is 2. The van der Waals surface area contributed by atoms with Crippen molar-refractivity contribution in [3.05, 3.63) is 29.3 Å². The molecule has 2 saturated carbocycles. The van der Waals surface area contributed by atoms with Crippen molar-refractivity contribution in [3.8, 4) is 5.75 Å². The summed E-state index contributed by atoms with van der Waals surface area (Å²) in [5, 5.41) is 3.76. The van der Waals surface area contributed by atoms with E-state index in [-0.39, 0.29) is 0 Å². The Morgan fingerprint density at radius 3 is 2.65 bits per heavy atom. The lowest BCUT2D eigenvalue weighted by Gasteiger charge is -2.49. The minimum absolute atomic E-state index is 0.306. The molecule has 0 radical (unpaired) electrons. The highest BCUT2D eigenvalue weighted by molar-refractivity contribution is 5.44. The Morgan fingerprint density at radius 1 is 1.30 bits per heavy atom. The third kappa shape index (κ3) is 2.58. The van der Waals surface area contributed by atoms with Gasteiger partial charge in [0.1, 0.15) is 5.75 Å². The van der Waals surface area contributed by atoms with Gasteiger partial charge in [-0.1, -0.05) is 31.0 Å². The zero-order chi connectivity index (χ0) is 14.2. The fourth-order valence-corrected chi connectivity index (χ4v) is 3.66. The lowest BCUT2D eigenvalue weighted by Crippen LogP contribution is -2.49. The molecule has 2 fully saturated rings. The van der Waals surface area contributed by atoms with E-state index in [9.17, 15) is 0 Å². The standard InChI is InChI=1S/C18H27NO/c1-4-14-10-18(11-14,12-19-15-6-7-15)16-9-13(2)5-8-17(16)20-3/h5,8-9,14-15,19H,4,6-7,10-12H2,1-3H3. The van der Waals surface area contributed by atoms with Gasteiger partial charge in [0.2, 0.25) is 0 Å². The molecule has 0 bridgehead atoms. The Labute approximate surface area is 122 Å². The number of benzene rings is 1. The Bertz CT molecular complexity index is 472. The third-order valence-corrected chi connectivity index (χ3v) is 5.17. The second-order valence-corrected chi connectivity index (χ2v) is 6.82. The highest BCUT2D eigenvalue weighted by Gasteiger charge is 2.46. The fourth-order valence-electron chi connectivity index (χ4n) is 3.66. The average Bonchev–Trinajstić information content (AvgIpc) is 3.22. The van der Waals surface area contributed by atoms with E-state index in [1.54, 1.807) is 7.11 Å². The molecule has 2 heteroatoms. The molecule has 1 N–H and O–H groups in total. The van der Waals surface area contributed by atoms with Gasteiger partial charge in [0, 0.05) is 23.6 Å². The molecule has 1 aromatic carbocycles. The molecule has 0 spiro atoms. The normalized spacial score (nSPS) is 29.1. The number of rotatable bonds is 6. The van der Waals surface area contributed by atoms with Crippen molar-refractivity contribution in [1.29, 1.82) is 0 Å². The molecule has 110 valence electrons. The van der Waals surface area contributed by atoms with Crippen molar-refractivity contribution in [1.82, 2.24) is 5.32 Å². The molecule has 2 aliphatic rings. The van der Waals surface area contributed by atoms with Crippen LogP contribution in [0, 0.1) is 12.8 Å². The highest BCUT2D eigenvalue weighted by Crippen LogP contribution is 2.51. The van der Waals surface area contributed by atoms with E-state index >= 15 is 0 Å². The summed E-state index contributed by atoms with van der Waals surface area (Å²) in [5.74, 6) is 1.96. The third-order valence-electron chi connectivity index (χ3n) is 5.17. The largest absolute Gasteiger partial charge is 0.496 e. The molecule has 20 heavy (non-hydrogen) atoms. The minimum Gasteiger partial charge on any atom is -0.496 e. The second kappa shape index (κ2) is 5.40. The van der Waals surface area contributed by atoms with Gasteiger partial charge in [-0.25, -0.2) is 0 Å². The first-order chi connectivity index (χ1) is 9.66. The van der Waals surface area contributed by atoms with Gasteiger partial charge in [0.05, 0.1) is 7.11 Å². The Kier molecular flexibility index (Phi) is 3.76. The molecule has 0 saturated heterocycles. The molecular formula is C18H27NO. The Morgan fingerprint density at radius 2 is 2.05 bits per heavy atom. The van der Waals surface area contributed by atoms with E-state index in [0.29, 0.717) is 5.41 Å². The molecule has 0 unspecified atom stereocenters. The summed E-state index contributed by atoms with van der Waals surface area (Å²) in [7, 11) is 1.80. The van der Waals surface area contributed by atoms with Crippen molar-refractivity contribution < 1.29 is 4.74 Å². The number of ether oxygens (including phenoxy) is 1. The van der Waals surface area contributed by atoms with Crippen LogP contribution >= 0.6 is 0 Å². The van der Waals surface area contributed by atoms with E-state index in [0.717, 1.165) is 24.3 Å². The minimum atomic E-state index is 0.306. The molecule has 2 nitrogen and oxygen atoms in total. The van der Waals surface area contributed by atoms with Gasteiger partial charge in [0.15, 0.2) is 0 Å². The first-order valence-electron chi connectivity index (χ1n) is 8.05. The van der Waals surface area contributed by atoms with Crippen molar-refractivity contribution in [2.45, 2.75) is 57.4 Å². The summed E-state index contributed by atoms with van der Waals surface area (Å²) in [4.78, 5) is 0. The molecule has 0 heterocycles. The van der Waals surface area contributed by atoms with Crippen LogP contribution in [-0.2, 0) is 5.41 Å². The molecule has 0 amide bonds. The van der Waals surface area contributed by atoms with E-state index in [1.165, 1.54) is 43.2 Å². The Hall–Kier alpha value is -1.02. The van der Waals surface area contributed by atoms with Crippen LogP contribution in [0.3, 0.4) is 0 Å². The van der Waals surface area contributed by atoms with E-state index in [2.05, 4.69) is 37.4 Å². The number of nitrogens with one attached hydrogen (secondary N) is 1. The summed E-state index contributed by atoms with van der Waals surface area (Å²) < 4.78 is 5.65. The topological polar surface area (TPSA) is 21.3 Å². The second-order valence-electron chi connectivity index (χ2n) is 6.82. The molecular weight excluding hydrogens is 246 g/mol. The smallest absolute Gasteiger partial charge is 0.122 e. The lowest BCUT2D eigenvalue weighted by molar-refractivity contribution is 0.130. The maximum atomic E-state index is 5.65. The van der Waals surface area contributed by atoms with Gasteiger partial charge in [-0.15, -0.1) is 0 Å². The molecule has 0 aliphatic heterocycles. The first-order valence-corrected chi connectivity index (χ1v) is 8.05. The van der Waals surface area contributed by atoms with Crippen LogP contribution in [0.25, 0.3) is 0 Å². The van der Waals surface area contributed by atoms with E-state index < -0.39 is 0 Å². The molecule has 0 aromatic heterocycles. The van der Waals surface area contributed by atoms with Gasteiger partial charge >= 0.3 is 0 Å². The summed E-state index contributed by atoms with van der Waals surface area (Å²) >= 11 is 0. The lowest BCUT2D eigenvalue weighted by atomic mass is 9.57. The van der Waals surface area contributed by atoms with E-state index in [1.807, 2.05) is 0 Å². The van der Waals surface area contributed by atoms with Crippen LogP contribution in [-0.4, -0.2) is 19.7 Å². The van der Waals surface area contributed by atoms with Crippen molar-refractivity contribution in [2.24, 2.45) is 5.92 Å². The van der Waals surface area contributed by atoms with Gasteiger partial charge < -0.3 is 10.1 Å². The summed E-state index contributed by atoms with van der Waals surface area (Å²) in [5.41, 5.74) is 3.07. The Balaban J connectivity index is 1.86. The summed E-state index contributed by atoms with van der Waals surface area (Å²) in [6, 6.07) is 7.42. The monoisotopic (exact) mass is 273 g/mol. The number of aryl methyl sites for hydroxylation is 1. The molecule has 0 atom stereocenters. The molecule has 1 aromatic rings. The van der Waals surface area contributed by atoms with Gasteiger partial charge in [-0.2, -0.15) is 0 Å². The summed E-state index contributed by atoms with van der Waals surface area (Å²) in [6.07, 6.45) is 6.64. The maximum Gasteiger partial charge on any atom is 0.122 e. The van der Waals surface area contributed by atoms with Crippen molar-refractivity contribution >= 4 is 0 Å². The SMILES string of the molecule is CCC1CC(CNC2CC2)(c2cc(C)ccc2OC)C1.